The number of nitrogens with one attached hydrogen (secondary N) is 3. The normalized spacial score (nSPS) is 23.7. The Balaban J connectivity index is 1.55. The number of hydrogen-bond donors (Lipinski definition) is 3. The fraction of sp³-hybridized carbons (Fsp3) is 0.615. The van der Waals surface area contributed by atoms with Crippen LogP contribution < -0.4 is 16.0 Å². The summed E-state index contributed by atoms with van der Waals surface area (Å²) < 4.78 is 5.76. The molecule has 8 heteroatoms. The van der Waals surface area contributed by atoms with Crippen LogP contribution in [-0.4, -0.2) is 48.9 Å². The van der Waals surface area contributed by atoms with E-state index in [2.05, 4.69) is 28.1 Å². The third kappa shape index (κ3) is 7.57. The lowest BCUT2D eigenvalue weighted by Crippen LogP contribution is -2.51. The molecule has 2 fully saturated rings. The van der Waals surface area contributed by atoms with Gasteiger partial charge in [-0.3, -0.25) is 9.59 Å². The Morgan fingerprint density at radius 1 is 1.15 bits per heavy atom. The van der Waals surface area contributed by atoms with E-state index in [4.69, 9.17) is 4.74 Å². The summed E-state index contributed by atoms with van der Waals surface area (Å²) >= 11 is 0. The number of carbonyl (C=O) groups excluding carboxylic acids is 4. The van der Waals surface area contributed by atoms with Gasteiger partial charge in [0.15, 0.2) is 0 Å². The molecule has 8 nitrogen and oxygen atoms in total. The molecular formula is C26H37N3O5. The Hall–Kier alpha value is -2.90. The lowest BCUT2D eigenvalue weighted by Gasteiger charge is -2.25. The van der Waals surface area contributed by atoms with Crippen LogP contribution in [0.5, 0.6) is 0 Å². The number of rotatable bonds is 11. The summed E-state index contributed by atoms with van der Waals surface area (Å²) in [5.41, 5.74) is 1.22. The van der Waals surface area contributed by atoms with Gasteiger partial charge in [0, 0.05) is 18.4 Å². The van der Waals surface area contributed by atoms with Gasteiger partial charge in [-0.05, 0) is 56.4 Å². The van der Waals surface area contributed by atoms with Crippen LogP contribution >= 0.6 is 0 Å². The van der Waals surface area contributed by atoms with E-state index in [0.717, 1.165) is 25.7 Å². The highest BCUT2D eigenvalue weighted by molar-refractivity contribution is 5.88. The van der Waals surface area contributed by atoms with E-state index in [1.165, 1.54) is 5.56 Å². The standard InChI is InChI=1S/C26H37N3O5/c1-17(2)13-22(25(32)28-21(16-30)15-20-11-12-27-24(20)31)29-26(33)34-23-10-6-9-19(23)14-18-7-4-3-5-8-18/h3-5,7-8,16-17,19-23H,6,9-15H2,1-2H3,(H,27,31)(H,28,32)(H,29,33)/t19?,20-,21?,22?,23?/m0/s1. The molecule has 3 N–H and O–H groups in total. The van der Waals surface area contributed by atoms with E-state index in [9.17, 15) is 19.2 Å². The largest absolute Gasteiger partial charge is 0.446 e. The van der Waals surface area contributed by atoms with Gasteiger partial charge in [0.05, 0.1) is 6.04 Å². The van der Waals surface area contributed by atoms with Crippen LogP contribution in [0.1, 0.15) is 57.9 Å². The van der Waals surface area contributed by atoms with Gasteiger partial charge in [-0.1, -0.05) is 44.2 Å². The van der Waals surface area contributed by atoms with Crippen molar-refractivity contribution in [1.29, 1.82) is 0 Å². The number of ether oxygens (including phenoxy) is 1. The van der Waals surface area contributed by atoms with Crippen LogP contribution in [0.2, 0.25) is 0 Å². The first-order chi connectivity index (χ1) is 16.4. The topological polar surface area (TPSA) is 114 Å². The summed E-state index contributed by atoms with van der Waals surface area (Å²) in [6.07, 6.45) is 4.82. The Morgan fingerprint density at radius 3 is 2.56 bits per heavy atom. The zero-order valence-corrected chi connectivity index (χ0v) is 20.1. The van der Waals surface area contributed by atoms with Gasteiger partial charge in [0.25, 0.3) is 0 Å². The van der Waals surface area contributed by atoms with Crippen molar-refractivity contribution in [1.82, 2.24) is 16.0 Å². The summed E-state index contributed by atoms with van der Waals surface area (Å²) in [6, 6.07) is 8.56. The monoisotopic (exact) mass is 471 g/mol. The molecule has 34 heavy (non-hydrogen) atoms. The predicted molar refractivity (Wildman–Crippen MR) is 128 cm³/mol. The fourth-order valence-electron chi connectivity index (χ4n) is 4.93. The minimum absolute atomic E-state index is 0.0943. The average Bonchev–Trinajstić information content (AvgIpc) is 3.41. The average molecular weight is 472 g/mol. The van der Waals surface area contributed by atoms with Crippen molar-refractivity contribution in [3.05, 3.63) is 35.9 Å². The lowest BCUT2D eigenvalue weighted by atomic mass is 9.96. The van der Waals surface area contributed by atoms with Gasteiger partial charge in [-0.2, -0.15) is 0 Å². The van der Waals surface area contributed by atoms with Crippen LogP contribution in [0.4, 0.5) is 4.79 Å². The first-order valence-electron chi connectivity index (χ1n) is 12.4. The van der Waals surface area contributed by atoms with Crippen LogP contribution in [0.15, 0.2) is 30.3 Å². The summed E-state index contributed by atoms with van der Waals surface area (Å²) in [7, 11) is 0. The van der Waals surface area contributed by atoms with Crippen molar-refractivity contribution in [2.75, 3.05) is 6.54 Å². The molecule has 2 aliphatic rings. The summed E-state index contributed by atoms with van der Waals surface area (Å²) in [5, 5.41) is 8.16. The van der Waals surface area contributed by atoms with E-state index in [1.807, 2.05) is 32.0 Å². The highest BCUT2D eigenvalue weighted by Gasteiger charge is 2.33. The van der Waals surface area contributed by atoms with Gasteiger partial charge >= 0.3 is 6.09 Å². The molecule has 1 saturated heterocycles. The quantitative estimate of drug-likeness (QED) is 0.430. The molecule has 3 amide bonds. The third-order valence-corrected chi connectivity index (χ3v) is 6.70. The van der Waals surface area contributed by atoms with E-state index in [0.29, 0.717) is 25.7 Å². The predicted octanol–water partition coefficient (Wildman–Crippen LogP) is 2.75. The number of carbonyl (C=O) groups is 4. The molecule has 1 aliphatic heterocycles. The smallest absolute Gasteiger partial charge is 0.408 e. The Bertz CT molecular complexity index is 844. The fourth-order valence-corrected chi connectivity index (χ4v) is 4.93. The molecule has 3 rings (SSSR count). The van der Waals surface area contributed by atoms with Crippen LogP contribution in [-0.2, 0) is 25.5 Å². The zero-order chi connectivity index (χ0) is 24.5. The van der Waals surface area contributed by atoms with Crippen molar-refractivity contribution < 1.29 is 23.9 Å². The second kappa shape index (κ2) is 12.5. The van der Waals surface area contributed by atoms with Crippen molar-refractivity contribution in [2.24, 2.45) is 17.8 Å². The maximum atomic E-state index is 12.9. The maximum Gasteiger partial charge on any atom is 0.408 e. The molecular weight excluding hydrogens is 434 g/mol. The minimum Gasteiger partial charge on any atom is -0.446 e. The van der Waals surface area contributed by atoms with Crippen molar-refractivity contribution in [3.8, 4) is 0 Å². The first-order valence-corrected chi connectivity index (χ1v) is 12.4. The van der Waals surface area contributed by atoms with Gasteiger partial charge in [-0.25, -0.2) is 4.79 Å². The van der Waals surface area contributed by atoms with Gasteiger partial charge in [0.1, 0.15) is 18.4 Å². The van der Waals surface area contributed by atoms with Crippen LogP contribution in [0.3, 0.4) is 0 Å². The number of hydrogen-bond acceptors (Lipinski definition) is 5. The molecule has 1 aliphatic carbocycles. The molecule has 0 spiro atoms. The molecule has 0 radical (unpaired) electrons. The third-order valence-electron chi connectivity index (χ3n) is 6.70. The minimum atomic E-state index is -0.818. The molecule has 1 saturated carbocycles. The van der Waals surface area contributed by atoms with Gasteiger partial charge in [-0.15, -0.1) is 0 Å². The Morgan fingerprint density at radius 2 is 1.91 bits per heavy atom. The van der Waals surface area contributed by atoms with Crippen molar-refractivity contribution in [2.45, 2.75) is 77.0 Å². The highest BCUT2D eigenvalue weighted by atomic mass is 16.6. The van der Waals surface area contributed by atoms with E-state index in [-0.39, 0.29) is 36.2 Å². The van der Waals surface area contributed by atoms with Crippen molar-refractivity contribution in [3.63, 3.8) is 0 Å². The Labute approximate surface area is 201 Å². The molecule has 1 aromatic carbocycles. The van der Waals surface area contributed by atoms with Crippen LogP contribution in [0.25, 0.3) is 0 Å². The van der Waals surface area contributed by atoms with E-state index in [1.54, 1.807) is 0 Å². The summed E-state index contributed by atoms with van der Waals surface area (Å²) in [6.45, 7) is 4.50. The molecule has 186 valence electrons. The van der Waals surface area contributed by atoms with E-state index < -0.39 is 24.1 Å². The lowest BCUT2D eigenvalue weighted by molar-refractivity contribution is -0.127. The molecule has 1 heterocycles. The van der Waals surface area contributed by atoms with Gasteiger partial charge in [0.2, 0.25) is 11.8 Å². The second-order valence-corrected chi connectivity index (χ2v) is 9.91. The van der Waals surface area contributed by atoms with Crippen LogP contribution in [0, 0.1) is 17.8 Å². The molecule has 4 unspecified atom stereocenters. The number of benzene rings is 1. The second-order valence-electron chi connectivity index (χ2n) is 9.91. The molecule has 1 aromatic rings. The number of amides is 3. The molecule has 5 atom stereocenters. The molecule has 0 aromatic heterocycles. The number of aldehydes is 1. The summed E-state index contributed by atoms with van der Waals surface area (Å²) in [5.74, 6) is -0.427. The van der Waals surface area contributed by atoms with Crippen molar-refractivity contribution >= 4 is 24.2 Å². The first kappa shape index (κ1) is 25.7. The van der Waals surface area contributed by atoms with Gasteiger partial charge < -0.3 is 25.5 Å². The highest BCUT2D eigenvalue weighted by Crippen LogP contribution is 2.31. The Kier molecular flexibility index (Phi) is 9.48. The SMILES string of the molecule is CC(C)CC(NC(=O)OC1CCCC1Cc1ccccc1)C(=O)NC(C=O)C[C@@H]1CCNC1=O. The number of alkyl carbamates (subject to hydrolysis) is 1. The van der Waals surface area contributed by atoms with E-state index >= 15 is 0 Å². The summed E-state index contributed by atoms with van der Waals surface area (Å²) in [4.78, 5) is 49.1. The molecule has 0 bridgehead atoms. The zero-order valence-electron chi connectivity index (χ0n) is 20.1. The maximum absolute atomic E-state index is 12.9.